The maximum Gasteiger partial charge on any atom is 0.240 e. The highest BCUT2D eigenvalue weighted by molar-refractivity contribution is 6.04. The zero-order valence-corrected chi connectivity index (χ0v) is 13.9. The van der Waals surface area contributed by atoms with Gasteiger partial charge < -0.3 is 9.47 Å². The largest absolute Gasteiger partial charge is 0.486 e. The quantitative estimate of drug-likeness (QED) is 0.805. The van der Waals surface area contributed by atoms with E-state index in [1.165, 1.54) is 0 Å². The highest BCUT2D eigenvalue weighted by atomic mass is 16.6. The average molecular weight is 314 g/mol. The van der Waals surface area contributed by atoms with E-state index in [0.717, 1.165) is 34.8 Å². The summed E-state index contributed by atoms with van der Waals surface area (Å²) in [5.74, 6) is 1.44. The molecule has 0 aromatic heterocycles. The second-order valence-corrected chi connectivity index (χ2v) is 6.54. The van der Waals surface area contributed by atoms with Crippen LogP contribution in [0.5, 0.6) is 11.5 Å². The Morgan fingerprint density at radius 3 is 2.65 bits per heavy atom. The molecule has 0 spiro atoms. The van der Waals surface area contributed by atoms with Crippen LogP contribution in [0.1, 0.15) is 39.2 Å². The zero-order chi connectivity index (χ0) is 16.6. The monoisotopic (exact) mass is 314 g/mol. The van der Waals surface area contributed by atoms with E-state index >= 15 is 0 Å². The molecule has 1 atom stereocenters. The van der Waals surface area contributed by atoms with Gasteiger partial charge in [-0.1, -0.05) is 5.57 Å². The lowest BCUT2D eigenvalue weighted by atomic mass is 9.87. The summed E-state index contributed by atoms with van der Waals surface area (Å²) in [7, 11) is 0. The molecule has 1 aromatic carbocycles. The van der Waals surface area contributed by atoms with Crippen LogP contribution in [0.4, 0.5) is 0 Å². The summed E-state index contributed by atoms with van der Waals surface area (Å²) in [5.41, 5.74) is 2.53. The number of rotatable bonds is 3. The Hall–Kier alpha value is -2.30. The van der Waals surface area contributed by atoms with Gasteiger partial charge >= 0.3 is 0 Å². The van der Waals surface area contributed by atoms with Gasteiger partial charge in [-0.2, -0.15) is 5.10 Å². The molecule has 1 unspecified atom stereocenters. The van der Waals surface area contributed by atoms with Gasteiger partial charge in [-0.05, 0) is 38.5 Å². The molecule has 3 rings (SSSR count). The van der Waals surface area contributed by atoms with Gasteiger partial charge in [-0.15, -0.1) is 6.58 Å². The van der Waals surface area contributed by atoms with E-state index in [0.29, 0.717) is 19.6 Å². The molecule has 122 valence electrons. The van der Waals surface area contributed by atoms with Gasteiger partial charge in [0, 0.05) is 18.9 Å². The SMILES string of the molecule is C=C(C)CC1(C)CC(c2ccc3c(c2)OCCO3)=NN1C(C)=O. The summed E-state index contributed by atoms with van der Waals surface area (Å²) in [6, 6.07) is 5.81. The van der Waals surface area contributed by atoms with Crippen molar-refractivity contribution in [1.82, 2.24) is 5.01 Å². The van der Waals surface area contributed by atoms with Crippen molar-refractivity contribution in [3.63, 3.8) is 0 Å². The van der Waals surface area contributed by atoms with Crippen molar-refractivity contribution in [2.75, 3.05) is 13.2 Å². The molecule has 0 saturated carbocycles. The third-order valence-electron chi connectivity index (χ3n) is 4.14. The lowest BCUT2D eigenvalue weighted by Gasteiger charge is -2.32. The lowest BCUT2D eigenvalue weighted by molar-refractivity contribution is -0.133. The molecule has 0 fully saturated rings. The van der Waals surface area contributed by atoms with Gasteiger partial charge in [0.15, 0.2) is 11.5 Å². The molecule has 0 saturated heterocycles. The fraction of sp³-hybridized carbons (Fsp3) is 0.444. The fourth-order valence-electron chi connectivity index (χ4n) is 3.33. The number of hydrogen-bond acceptors (Lipinski definition) is 4. The highest BCUT2D eigenvalue weighted by Gasteiger charge is 2.41. The minimum atomic E-state index is -0.361. The topological polar surface area (TPSA) is 51.1 Å². The van der Waals surface area contributed by atoms with Gasteiger partial charge in [-0.25, -0.2) is 5.01 Å². The minimum Gasteiger partial charge on any atom is -0.486 e. The summed E-state index contributed by atoms with van der Waals surface area (Å²) in [4.78, 5) is 12.0. The van der Waals surface area contributed by atoms with Gasteiger partial charge in [-0.3, -0.25) is 4.79 Å². The van der Waals surface area contributed by atoms with Gasteiger partial charge in [0.05, 0.1) is 11.3 Å². The molecule has 0 aliphatic carbocycles. The molecular weight excluding hydrogens is 292 g/mol. The van der Waals surface area contributed by atoms with Crippen molar-refractivity contribution in [3.05, 3.63) is 35.9 Å². The van der Waals surface area contributed by atoms with Crippen LogP contribution in [-0.2, 0) is 4.79 Å². The Morgan fingerprint density at radius 1 is 1.30 bits per heavy atom. The summed E-state index contributed by atoms with van der Waals surface area (Å²) >= 11 is 0. The predicted octanol–water partition coefficient (Wildman–Crippen LogP) is 3.14. The molecular formula is C18H22N2O3. The first kappa shape index (κ1) is 15.6. The van der Waals surface area contributed by atoms with Crippen LogP contribution in [0.25, 0.3) is 0 Å². The van der Waals surface area contributed by atoms with Crippen LogP contribution < -0.4 is 9.47 Å². The third-order valence-corrected chi connectivity index (χ3v) is 4.14. The van der Waals surface area contributed by atoms with Crippen LogP contribution in [0.2, 0.25) is 0 Å². The molecule has 5 heteroatoms. The second-order valence-electron chi connectivity index (χ2n) is 6.54. The number of nitrogens with zero attached hydrogens (tertiary/aromatic N) is 2. The van der Waals surface area contributed by atoms with E-state index in [2.05, 4.69) is 18.6 Å². The highest BCUT2D eigenvalue weighted by Crippen LogP contribution is 2.37. The fourth-order valence-corrected chi connectivity index (χ4v) is 3.33. The maximum atomic E-state index is 12.0. The van der Waals surface area contributed by atoms with Crippen molar-refractivity contribution in [1.29, 1.82) is 0 Å². The van der Waals surface area contributed by atoms with Crippen LogP contribution in [0, 0.1) is 0 Å². The van der Waals surface area contributed by atoms with Gasteiger partial charge in [0.25, 0.3) is 0 Å². The Balaban J connectivity index is 1.92. The van der Waals surface area contributed by atoms with Crippen molar-refractivity contribution in [2.45, 2.75) is 39.2 Å². The van der Waals surface area contributed by atoms with Crippen LogP contribution in [0.15, 0.2) is 35.5 Å². The van der Waals surface area contributed by atoms with E-state index in [1.807, 2.05) is 25.1 Å². The van der Waals surface area contributed by atoms with E-state index in [-0.39, 0.29) is 11.4 Å². The summed E-state index contributed by atoms with van der Waals surface area (Å²) in [6.45, 7) is 10.7. The number of fused-ring (bicyclic) bond motifs is 1. The number of benzene rings is 1. The summed E-state index contributed by atoms with van der Waals surface area (Å²) < 4.78 is 11.2. The number of carbonyl (C=O) groups excluding carboxylic acids is 1. The molecule has 23 heavy (non-hydrogen) atoms. The smallest absolute Gasteiger partial charge is 0.240 e. The van der Waals surface area contributed by atoms with Crippen molar-refractivity contribution < 1.29 is 14.3 Å². The molecule has 2 aliphatic heterocycles. The lowest BCUT2D eigenvalue weighted by Crippen LogP contribution is -2.42. The van der Waals surface area contributed by atoms with Gasteiger partial charge in [0.2, 0.25) is 5.91 Å². The Morgan fingerprint density at radius 2 is 2.00 bits per heavy atom. The number of hydrazone groups is 1. The number of hydrogen-bond donors (Lipinski definition) is 0. The van der Waals surface area contributed by atoms with Crippen LogP contribution in [-0.4, -0.2) is 35.4 Å². The maximum absolute atomic E-state index is 12.0. The third kappa shape index (κ3) is 2.96. The first-order chi connectivity index (χ1) is 10.9. The normalized spacial score (nSPS) is 22.7. The average Bonchev–Trinajstić information content (AvgIpc) is 2.83. The first-order valence-electron chi connectivity index (χ1n) is 7.82. The Bertz CT molecular complexity index is 696. The second kappa shape index (κ2) is 5.72. The van der Waals surface area contributed by atoms with Crippen LogP contribution in [0.3, 0.4) is 0 Å². The minimum absolute atomic E-state index is 0.0544. The first-order valence-corrected chi connectivity index (χ1v) is 7.82. The molecule has 5 nitrogen and oxygen atoms in total. The Kier molecular flexibility index (Phi) is 3.88. The number of carbonyl (C=O) groups is 1. The van der Waals surface area contributed by atoms with E-state index in [9.17, 15) is 4.79 Å². The zero-order valence-electron chi connectivity index (χ0n) is 13.9. The number of amides is 1. The molecule has 2 aliphatic rings. The van der Waals surface area contributed by atoms with E-state index in [4.69, 9.17) is 9.47 Å². The molecule has 0 N–H and O–H groups in total. The standard InChI is InChI=1S/C18H22N2O3/c1-12(2)10-18(4)11-15(19-20(18)13(3)21)14-5-6-16-17(9-14)23-8-7-22-16/h5-6,9H,1,7-8,10-11H2,2-4H3. The molecule has 0 radical (unpaired) electrons. The van der Waals surface area contributed by atoms with Crippen molar-refractivity contribution >= 4 is 11.6 Å². The summed E-state index contributed by atoms with van der Waals surface area (Å²) in [5, 5.41) is 6.17. The van der Waals surface area contributed by atoms with E-state index < -0.39 is 0 Å². The van der Waals surface area contributed by atoms with Gasteiger partial charge in [0.1, 0.15) is 13.2 Å². The van der Waals surface area contributed by atoms with Crippen molar-refractivity contribution in [2.24, 2.45) is 5.10 Å². The van der Waals surface area contributed by atoms with Crippen LogP contribution >= 0.6 is 0 Å². The molecule has 2 heterocycles. The number of ether oxygens (including phenoxy) is 2. The predicted molar refractivity (Wildman–Crippen MR) is 88.9 cm³/mol. The summed E-state index contributed by atoms with van der Waals surface area (Å²) in [6.07, 6.45) is 1.42. The van der Waals surface area contributed by atoms with E-state index in [1.54, 1.807) is 11.9 Å². The van der Waals surface area contributed by atoms with Crippen molar-refractivity contribution in [3.8, 4) is 11.5 Å². The Labute approximate surface area is 136 Å². The molecule has 1 amide bonds. The molecule has 0 bridgehead atoms. The molecule has 1 aromatic rings.